The lowest BCUT2D eigenvalue weighted by atomic mass is 9.73. The van der Waals surface area contributed by atoms with E-state index in [1.54, 1.807) is 0 Å². The van der Waals surface area contributed by atoms with Crippen LogP contribution in [0, 0.1) is 0 Å². The highest BCUT2D eigenvalue weighted by Gasteiger charge is 2.41. The zero-order valence-electron chi connectivity index (χ0n) is 19.2. The number of morpholine rings is 1. The minimum atomic E-state index is -0.140. The molecule has 1 saturated heterocycles. The van der Waals surface area contributed by atoms with Gasteiger partial charge < -0.3 is 9.47 Å². The Morgan fingerprint density at radius 3 is 2.60 bits per heavy atom. The molecule has 0 unspecified atom stereocenters. The summed E-state index contributed by atoms with van der Waals surface area (Å²) in [4.78, 5) is 17.2. The van der Waals surface area contributed by atoms with Crippen LogP contribution >= 0.6 is 0 Å². The van der Waals surface area contributed by atoms with E-state index in [0.29, 0.717) is 18.2 Å². The molecule has 0 aromatic heterocycles. The molecule has 1 aliphatic carbocycles. The van der Waals surface area contributed by atoms with E-state index in [1.165, 1.54) is 31.2 Å². The minimum absolute atomic E-state index is 0.0190. The van der Waals surface area contributed by atoms with Gasteiger partial charge in [-0.2, -0.15) is 0 Å². The fourth-order valence-corrected chi connectivity index (χ4v) is 5.12. The van der Waals surface area contributed by atoms with Gasteiger partial charge in [-0.3, -0.25) is 14.6 Å². The van der Waals surface area contributed by atoms with Gasteiger partial charge in [0.15, 0.2) is 0 Å². The quantitative estimate of drug-likeness (QED) is 0.435. The molecule has 0 atom stereocenters. The summed E-state index contributed by atoms with van der Waals surface area (Å²) in [6.07, 6.45) is 8.37. The number of ether oxygens (including phenoxy) is 2. The Bertz CT molecular complexity index is 664. The van der Waals surface area contributed by atoms with Crippen LogP contribution in [0.3, 0.4) is 0 Å². The third-order valence-corrected chi connectivity index (χ3v) is 6.98. The zero-order chi connectivity index (χ0) is 21.4. The van der Waals surface area contributed by atoms with E-state index in [9.17, 15) is 4.79 Å². The highest BCUT2D eigenvalue weighted by atomic mass is 16.5. The molecule has 2 aliphatic rings. The molecule has 3 rings (SSSR count). The first-order valence-corrected chi connectivity index (χ1v) is 11.9. The Kier molecular flexibility index (Phi) is 8.72. The first-order valence-electron chi connectivity index (χ1n) is 11.9. The molecule has 168 valence electrons. The van der Waals surface area contributed by atoms with Crippen LogP contribution in [-0.4, -0.2) is 61.7 Å². The van der Waals surface area contributed by atoms with E-state index in [-0.39, 0.29) is 11.5 Å². The van der Waals surface area contributed by atoms with Crippen molar-refractivity contribution < 1.29 is 14.3 Å². The smallest absolute Gasteiger partial charge is 0.311 e. The molecule has 0 amide bonds. The average molecular weight is 417 g/mol. The van der Waals surface area contributed by atoms with Gasteiger partial charge in [-0.15, -0.1) is 0 Å². The zero-order valence-corrected chi connectivity index (χ0v) is 19.2. The maximum atomic E-state index is 12.0. The molecule has 0 radical (unpaired) electrons. The van der Waals surface area contributed by atoms with Crippen LogP contribution in [0.2, 0.25) is 0 Å². The molecule has 0 N–H and O–H groups in total. The van der Waals surface area contributed by atoms with Gasteiger partial charge >= 0.3 is 5.97 Å². The summed E-state index contributed by atoms with van der Waals surface area (Å²) >= 11 is 0. The Balaban J connectivity index is 1.78. The highest BCUT2D eigenvalue weighted by Crippen LogP contribution is 2.44. The van der Waals surface area contributed by atoms with Crippen molar-refractivity contribution in [2.24, 2.45) is 0 Å². The number of nitrogens with zero attached hydrogens (tertiary/aromatic N) is 2. The third-order valence-electron chi connectivity index (χ3n) is 6.98. The first kappa shape index (κ1) is 23.2. The molecule has 1 aliphatic heterocycles. The van der Waals surface area contributed by atoms with E-state index < -0.39 is 0 Å². The largest absolute Gasteiger partial charge is 0.427 e. The molecule has 0 spiro atoms. The number of carbonyl (C=O) groups is 1. The summed E-state index contributed by atoms with van der Waals surface area (Å²) < 4.78 is 11.2. The summed E-state index contributed by atoms with van der Waals surface area (Å²) in [5.74, 6) is 0.545. The maximum absolute atomic E-state index is 12.0. The molecule has 5 heteroatoms. The van der Waals surface area contributed by atoms with E-state index >= 15 is 0 Å². The van der Waals surface area contributed by atoms with E-state index in [0.717, 1.165) is 52.1 Å². The molecular weight excluding hydrogens is 376 g/mol. The van der Waals surface area contributed by atoms with Crippen LogP contribution in [-0.2, 0) is 15.1 Å². The predicted octanol–water partition coefficient (Wildman–Crippen LogP) is 4.59. The summed E-state index contributed by atoms with van der Waals surface area (Å²) in [5, 5.41) is 0. The van der Waals surface area contributed by atoms with Gasteiger partial charge in [0.25, 0.3) is 0 Å². The van der Waals surface area contributed by atoms with Gasteiger partial charge in [-0.25, -0.2) is 0 Å². The SMILES string of the molecule is CCCCN(C)C1(c2cccc(OC(=O)CCC)c2)CCC(N2CCOCC2)CC1. The Labute approximate surface area is 182 Å². The lowest BCUT2D eigenvalue weighted by Gasteiger charge is -2.49. The second kappa shape index (κ2) is 11.3. The van der Waals surface area contributed by atoms with Gasteiger partial charge in [0.2, 0.25) is 0 Å². The van der Waals surface area contributed by atoms with Gasteiger partial charge in [-0.1, -0.05) is 32.4 Å². The number of benzene rings is 1. The monoisotopic (exact) mass is 416 g/mol. The molecule has 1 heterocycles. The van der Waals surface area contributed by atoms with Crippen molar-refractivity contribution in [3.05, 3.63) is 29.8 Å². The van der Waals surface area contributed by atoms with Crippen molar-refractivity contribution in [2.75, 3.05) is 39.9 Å². The summed E-state index contributed by atoms with van der Waals surface area (Å²) in [6, 6.07) is 8.97. The molecule has 30 heavy (non-hydrogen) atoms. The molecule has 1 aromatic rings. The van der Waals surface area contributed by atoms with E-state index in [1.807, 2.05) is 19.1 Å². The number of carbonyl (C=O) groups excluding carboxylic acids is 1. The number of hydrogen-bond acceptors (Lipinski definition) is 5. The predicted molar refractivity (Wildman–Crippen MR) is 121 cm³/mol. The van der Waals surface area contributed by atoms with Gasteiger partial charge in [0, 0.05) is 31.1 Å². The topological polar surface area (TPSA) is 42.0 Å². The number of esters is 1. The van der Waals surface area contributed by atoms with Crippen LogP contribution in [0.1, 0.15) is 70.8 Å². The molecule has 0 bridgehead atoms. The van der Waals surface area contributed by atoms with Crippen LogP contribution in [0.15, 0.2) is 24.3 Å². The number of unbranched alkanes of at least 4 members (excludes halogenated alkanes) is 1. The van der Waals surface area contributed by atoms with Crippen molar-refractivity contribution >= 4 is 5.97 Å². The highest BCUT2D eigenvalue weighted by molar-refractivity contribution is 5.72. The van der Waals surface area contributed by atoms with Crippen LogP contribution < -0.4 is 4.74 Å². The summed E-state index contributed by atoms with van der Waals surface area (Å²) in [7, 11) is 2.28. The Hall–Kier alpha value is -1.43. The van der Waals surface area contributed by atoms with Gasteiger partial charge in [0.1, 0.15) is 5.75 Å². The number of rotatable bonds is 9. The van der Waals surface area contributed by atoms with Crippen LogP contribution in [0.25, 0.3) is 0 Å². The van der Waals surface area contributed by atoms with E-state index in [2.05, 4.69) is 35.9 Å². The Morgan fingerprint density at radius 2 is 1.93 bits per heavy atom. The molecular formula is C25H40N2O3. The fraction of sp³-hybridized carbons (Fsp3) is 0.720. The van der Waals surface area contributed by atoms with Crippen molar-refractivity contribution in [3.8, 4) is 5.75 Å². The molecule has 5 nitrogen and oxygen atoms in total. The minimum Gasteiger partial charge on any atom is -0.427 e. The second-order valence-corrected chi connectivity index (χ2v) is 8.94. The standard InChI is InChI=1S/C25H40N2O3/c1-4-6-15-26(3)25(13-11-22(12-14-25)27-16-18-29-19-17-27)21-9-7-10-23(20-21)30-24(28)8-5-2/h7,9-10,20,22H,4-6,8,11-19H2,1-3H3. The summed E-state index contributed by atoms with van der Waals surface area (Å²) in [5.41, 5.74) is 1.31. The number of hydrogen-bond donors (Lipinski definition) is 0. The normalized spacial score (nSPS) is 25.4. The van der Waals surface area contributed by atoms with E-state index in [4.69, 9.17) is 9.47 Å². The van der Waals surface area contributed by atoms with Gasteiger partial charge in [-0.05, 0) is 69.8 Å². The molecule has 2 fully saturated rings. The van der Waals surface area contributed by atoms with Crippen molar-refractivity contribution in [1.82, 2.24) is 9.80 Å². The van der Waals surface area contributed by atoms with Crippen molar-refractivity contribution in [3.63, 3.8) is 0 Å². The van der Waals surface area contributed by atoms with Crippen molar-refractivity contribution in [1.29, 1.82) is 0 Å². The second-order valence-electron chi connectivity index (χ2n) is 8.94. The van der Waals surface area contributed by atoms with Crippen LogP contribution in [0.5, 0.6) is 5.75 Å². The van der Waals surface area contributed by atoms with Gasteiger partial charge in [0.05, 0.1) is 13.2 Å². The summed E-state index contributed by atoms with van der Waals surface area (Å²) in [6.45, 7) is 9.20. The maximum Gasteiger partial charge on any atom is 0.311 e. The first-order chi connectivity index (χ1) is 14.6. The Morgan fingerprint density at radius 1 is 1.20 bits per heavy atom. The lowest BCUT2D eigenvalue weighted by Crippen LogP contribution is -2.52. The van der Waals surface area contributed by atoms with Crippen LogP contribution in [0.4, 0.5) is 0 Å². The lowest BCUT2D eigenvalue weighted by molar-refractivity contribution is -0.134. The molecule has 1 saturated carbocycles. The average Bonchev–Trinajstić information content (AvgIpc) is 2.78. The van der Waals surface area contributed by atoms with Crippen molar-refractivity contribution in [2.45, 2.75) is 76.8 Å². The third kappa shape index (κ3) is 5.63. The fourth-order valence-electron chi connectivity index (χ4n) is 5.12. The molecule has 1 aromatic carbocycles.